The van der Waals surface area contributed by atoms with Gasteiger partial charge >= 0.3 is 11.9 Å². The summed E-state index contributed by atoms with van der Waals surface area (Å²) in [6.45, 7) is 7.89. The summed E-state index contributed by atoms with van der Waals surface area (Å²) in [6.07, 6.45) is 2.33. The predicted molar refractivity (Wildman–Crippen MR) is 260 cm³/mol. The zero-order valence-corrected chi connectivity index (χ0v) is 34.7. The summed E-state index contributed by atoms with van der Waals surface area (Å²) in [7, 11) is 0. The van der Waals surface area contributed by atoms with Gasteiger partial charge in [0, 0.05) is 22.3 Å². The van der Waals surface area contributed by atoms with Gasteiger partial charge in [0.25, 0.3) is 0 Å². The van der Waals surface area contributed by atoms with Crippen LogP contribution in [0.25, 0.3) is 88.6 Å². The molecule has 0 radical (unpaired) electrons. The molecule has 0 fully saturated rings. The average molecular weight is 823 g/mol. The van der Waals surface area contributed by atoms with Crippen LogP contribution in [-0.4, -0.2) is 11.9 Å². The van der Waals surface area contributed by atoms with Crippen molar-refractivity contribution in [2.75, 3.05) is 0 Å². The number of benzene rings is 10. The number of carbonyl (C=O) groups excluding carboxylic acids is 2. The molecule has 2 aliphatic rings. The Bertz CT molecular complexity index is 3660. The van der Waals surface area contributed by atoms with Crippen LogP contribution in [0.5, 0.6) is 0 Å². The molecule has 12 rings (SSSR count). The monoisotopic (exact) mass is 822 g/mol. The fourth-order valence-corrected chi connectivity index (χ4v) is 10.2. The Morgan fingerprint density at radius 1 is 0.422 bits per heavy atom. The second-order valence-electron chi connectivity index (χ2n) is 16.6. The van der Waals surface area contributed by atoms with E-state index >= 15 is 0 Å². The summed E-state index contributed by atoms with van der Waals surface area (Å²) in [6, 6.07) is 61.4. The quantitative estimate of drug-likeness (QED) is 0.150. The van der Waals surface area contributed by atoms with Gasteiger partial charge in [0.1, 0.15) is 0 Å². The highest BCUT2D eigenvalue weighted by molar-refractivity contribution is 6.11. The third-order valence-electron chi connectivity index (χ3n) is 13.2. The molecule has 0 saturated carbocycles. The molecule has 64 heavy (non-hydrogen) atoms. The number of fused-ring (bicyclic) bond motifs is 6. The molecule has 0 saturated heterocycles. The van der Waals surface area contributed by atoms with Gasteiger partial charge in [-0.15, -0.1) is 0 Å². The first-order chi connectivity index (χ1) is 31.5. The summed E-state index contributed by atoms with van der Waals surface area (Å²) in [5, 5.41) is 8.01. The molecule has 10 aromatic rings. The molecule has 302 valence electrons. The van der Waals surface area contributed by atoms with Gasteiger partial charge in [-0.25, -0.2) is 9.59 Å². The summed E-state index contributed by atoms with van der Waals surface area (Å²) in [5.74, 6) is -0.780. The van der Waals surface area contributed by atoms with Crippen molar-refractivity contribution in [3.8, 4) is 33.4 Å². The lowest BCUT2D eigenvalue weighted by Gasteiger charge is -2.30. The molecule has 0 aromatic heterocycles. The molecule has 10 aromatic carbocycles. The van der Waals surface area contributed by atoms with Crippen molar-refractivity contribution >= 4 is 67.2 Å². The zero-order chi connectivity index (χ0) is 43.1. The molecule has 0 spiro atoms. The number of carbonyl (C=O) groups is 2. The van der Waals surface area contributed by atoms with E-state index in [4.69, 9.17) is 9.47 Å². The van der Waals surface area contributed by atoms with Crippen molar-refractivity contribution in [3.05, 3.63) is 240 Å². The van der Waals surface area contributed by atoms with E-state index < -0.39 is 18.2 Å². The molecular formula is C60H38O4. The van der Waals surface area contributed by atoms with E-state index in [0.717, 1.165) is 110 Å². The predicted octanol–water partition coefficient (Wildman–Crippen LogP) is 15.1. The minimum Gasteiger partial charge on any atom is -0.449 e. The van der Waals surface area contributed by atoms with Gasteiger partial charge in [-0.2, -0.15) is 0 Å². The summed E-state index contributed by atoms with van der Waals surface area (Å²) >= 11 is 0. The van der Waals surface area contributed by atoms with Crippen molar-refractivity contribution in [2.24, 2.45) is 0 Å². The number of rotatable bonds is 7. The summed E-state index contributed by atoms with van der Waals surface area (Å²) in [5.41, 5.74) is 13.0. The Kier molecular flexibility index (Phi) is 8.56. The number of esters is 2. The first-order valence-corrected chi connectivity index (χ1v) is 21.5. The zero-order valence-electron chi connectivity index (χ0n) is 34.7. The molecule has 2 unspecified atom stereocenters. The Hall–Kier alpha value is -8.34. The number of hydrogen-bond donors (Lipinski definition) is 0. The SMILES string of the molecule is C=Cc1ccc2cc(C(=O)OC3c4cc(-c5ccc6c7c(cccc57)C(OC(=O)c5cccc7c(C=C)cccc57)c5ccccc5-6)ccc4-c4cccc5cccc3c45)ccc2c1. The average Bonchev–Trinajstić information content (AvgIpc) is 3.35. The van der Waals surface area contributed by atoms with Crippen molar-refractivity contribution < 1.29 is 19.1 Å². The smallest absolute Gasteiger partial charge is 0.339 e. The molecular weight excluding hydrogens is 785 g/mol. The van der Waals surface area contributed by atoms with Crippen molar-refractivity contribution in [1.29, 1.82) is 0 Å². The highest BCUT2D eigenvalue weighted by Crippen LogP contribution is 2.51. The molecule has 4 nitrogen and oxygen atoms in total. The number of ether oxygens (including phenoxy) is 2. The van der Waals surface area contributed by atoms with Gasteiger partial charge in [-0.3, -0.25) is 0 Å². The van der Waals surface area contributed by atoms with Crippen molar-refractivity contribution in [2.45, 2.75) is 12.2 Å². The second kappa shape index (κ2) is 14.6. The van der Waals surface area contributed by atoms with Crippen LogP contribution in [0, 0.1) is 0 Å². The maximum atomic E-state index is 14.3. The van der Waals surface area contributed by atoms with E-state index in [2.05, 4.69) is 110 Å². The lowest BCUT2D eigenvalue weighted by atomic mass is 9.78. The minimum absolute atomic E-state index is 0.390. The lowest BCUT2D eigenvalue weighted by molar-refractivity contribution is 0.0372. The van der Waals surface area contributed by atoms with Gasteiger partial charge in [-0.1, -0.05) is 177 Å². The fraction of sp³-hybridized carbons (Fsp3) is 0.0333. The topological polar surface area (TPSA) is 52.6 Å². The van der Waals surface area contributed by atoms with Crippen molar-refractivity contribution in [1.82, 2.24) is 0 Å². The molecule has 0 heterocycles. The molecule has 0 N–H and O–H groups in total. The van der Waals surface area contributed by atoms with Gasteiger partial charge in [0.2, 0.25) is 0 Å². The van der Waals surface area contributed by atoms with Crippen LogP contribution in [0.15, 0.2) is 195 Å². The molecule has 0 aliphatic heterocycles. The van der Waals surface area contributed by atoms with E-state index in [0.29, 0.717) is 11.1 Å². The van der Waals surface area contributed by atoms with Crippen LogP contribution in [0.2, 0.25) is 0 Å². The fourth-order valence-electron chi connectivity index (χ4n) is 10.2. The Morgan fingerprint density at radius 2 is 1.05 bits per heavy atom. The maximum Gasteiger partial charge on any atom is 0.339 e. The molecule has 4 heteroatoms. The molecule has 2 atom stereocenters. The van der Waals surface area contributed by atoms with Gasteiger partial charge in [0.15, 0.2) is 12.2 Å². The Morgan fingerprint density at radius 3 is 1.92 bits per heavy atom. The van der Waals surface area contributed by atoms with Crippen LogP contribution in [0.4, 0.5) is 0 Å². The number of hydrogen-bond acceptors (Lipinski definition) is 4. The van der Waals surface area contributed by atoms with E-state index in [-0.39, 0.29) is 5.97 Å². The van der Waals surface area contributed by atoms with Crippen LogP contribution in [0.3, 0.4) is 0 Å². The highest BCUT2D eigenvalue weighted by Gasteiger charge is 2.33. The Balaban J connectivity index is 0.979. The summed E-state index contributed by atoms with van der Waals surface area (Å²) in [4.78, 5) is 28.6. The maximum absolute atomic E-state index is 14.3. The van der Waals surface area contributed by atoms with Crippen molar-refractivity contribution in [3.63, 3.8) is 0 Å². The van der Waals surface area contributed by atoms with Gasteiger partial charge < -0.3 is 9.47 Å². The van der Waals surface area contributed by atoms with Crippen LogP contribution < -0.4 is 0 Å². The largest absolute Gasteiger partial charge is 0.449 e. The normalized spacial score (nSPS) is 14.5. The first-order valence-electron chi connectivity index (χ1n) is 21.5. The van der Waals surface area contributed by atoms with Gasteiger partial charge in [0.05, 0.1) is 11.1 Å². The third-order valence-corrected chi connectivity index (χ3v) is 13.2. The Labute approximate surface area is 370 Å². The van der Waals surface area contributed by atoms with Crippen LogP contribution in [0.1, 0.15) is 66.3 Å². The van der Waals surface area contributed by atoms with Crippen LogP contribution in [-0.2, 0) is 9.47 Å². The van der Waals surface area contributed by atoms with Crippen LogP contribution >= 0.6 is 0 Å². The molecule has 0 bridgehead atoms. The molecule has 0 amide bonds. The molecule has 2 aliphatic carbocycles. The van der Waals surface area contributed by atoms with E-state index in [9.17, 15) is 9.59 Å². The first kappa shape index (κ1) is 37.4. The highest BCUT2D eigenvalue weighted by atomic mass is 16.5. The summed E-state index contributed by atoms with van der Waals surface area (Å²) < 4.78 is 13.3. The van der Waals surface area contributed by atoms with E-state index in [1.54, 1.807) is 0 Å². The second-order valence-corrected chi connectivity index (χ2v) is 16.6. The van der Waals surface area contributed by atoms with E-state index in [1.165, 1.54) is 0 Å². The third kappa shape index (κ3) is 5.76. The van der Waals surface area contributed by atoms with Gasteiger partial charge in [-0.05, 0) is 118 Å². The lowest BCUT2D eigenvalue weighted by Crippen LogP contribution is -2.17. The minimum atomic E-state index is -0.660. The van der Waals surface area contributed by atoms with E-state index in [1.807, 2.05) is 97.1 Å². The standard InChI is InChI=1S/C60H38O4/c1-3-35-24-25-39-33-41(27-26-38(39)32-35)59(61)63-58-52-22-9-14-37-13-8-19-48(55(37)52)46-29-28-40(34-54(46)58)43-30-31-49-45-15-5-6-16-50(45)57(53-23-11-20-47(43)56(49)53)64-60(62)51-21-10-17-42-36(4-2)12-7-18-44(42)51/h3-34,57-58H,1-2H2.